The third-order valence-electron chi connectivity index (χ3n) is 1.76. The fourth-order valence-electron chi connectivity index (χ4n) is 1.05. The van der Waals surface area contributed by atoms with E-state index < -0.39 is 53.2 Å². The summed E-state index contributed by atoms with van der Waals surface area (Å²) in [6.07, 6.45) is -14.2. The van der Waals surface area contributed by atoms with Crippen LogP contribution in [-0.2, 0) is 13.3 Å². The summed E-state index contributed by atoms with van der Waals surface area (Å²) < 4.78 is 121. The summed E-state index contributed by atoms with van der Waals surface area (Å²) in [5.74, 6) is 0. The van der Waals surface area contributed by atoms with E-state index in [4.69, 9.17) is 0 Å². The summed E-state index contributed by atoms with van der Waals surface area (Å²) in [5.41, 5.74) is 0. The Hall–Kier alpha value is -0.793. The van der Waals surface area contributed by atoms with E-state index in [9.17, 15) is 39.5 Å². The lowest BCUT2D eigenvalue weighted by atomic mass is 10.7. The highest BCUT2D eigenvalue weighted by atomic mass is 28.4. The van der Waals surface area contributed by atoms with Crippen LogP contribution >= 0.6 is 0 Å². The van der Waals surface area contributed by atoms with Gasteiger partial charge in [-0.05, 0) is 0 Å². The van der Waals surface area contributed by atoms with Crippen LogP contribution in [-0.4, -0.2) is 47.2 Å². The second-order valence-electron chi connectivity index (χ2n) is 3.89. The van der Waals surface area contributed by atoms with Crippen LogP contribution < -0.4 is 0 Å². The lowest BCUT2D eigenvalue weighted by molar-refractivity contribution is -0.193. The first-order valence-corrected chi connectivity index (χ1v) is 7.34. The largest absolute Gasteiger partial charge is 0.505 e. The summed E-state index contributed by atoms with van der Waals surface area (Å²) in [7, 11) is -4.90. The van der Waals surface area contributed by atoms with Crippen molar-refractivity contribution >= 4 is 8.80 Å². The molecule has 0 bridgehead atoms. The van der Waals surface area contributed by atoms with Gasteiger partial charge in [-0.1, -0.05) is 6.08 Å². The predicted molar refractivity (Wildman–Crippen MR) is 56.8 cm³/mol. The molecule has 0 saturated heterocycles. The van der Waals surface area contributed by atoms with Crippen LogP contribution in [0.5, 0.6) is 0 Å². The first-order chi connectivity index (χ1) is 9.68. The van der Waals surface area contributed by atoms with Crippen molar-refractivity contribution in [3.63, 3.8) is 0 Å². The van der Waals surface area contributed by atoms with Gasteiger partial charge in [0, 0.05) is 6.04 Å². The number of hydrogen-bond acceptors (Lipinski definition) is 3. The number of halogens is 9. The van der Waals surface area contributed by atoms with E-state index in [1.165, 1.54) is 0 Å². The van der Waals surface area contributed by atoms with Gasteiger partial charge in [0.05, 0.1) is 0 Å². The fraction of sp³-hybridized carbons (Fsp3) is 0.778. The number of alkyl halides is 9. The van der Waals surface area contributed by atoms with Crippen LogP contribution in [0.3, 0.4) is 0 Å². The normalized spacial score (nSPS) is 14.2. The van der Waals surface area contributed by atoms with Gasteiger partial charge in [0.25, 0.3) is 0 Å². The van der Waals surface area contributed by atoms with E-state index in [1.807, 2.05) is 0 Å². The molecule has 13 heteroatoms. The second-order valence-corrected chi connectivity index (χ2v) is 6.53. The Morgan fingerprint density at radius 3 is 1.14 bits per heavy atom. The fourth-order valence-corrected chi connectivity index (χ4v) is 3.16. The van der Waals surface area contributed by atoms with Crippen molar-refractivity contribution in [3.8, 4) is 0 Å². The molecular formula is C9H11F9O3Si. The van der Waals surface area contributed by atoms with Crippen LogP contribution in [0.4, 0.5) is 39.5 Å². The molecule has 0 aliphatic rings. The molecule has 0 aromatic carbocycles. The Balaban J connectivity index is 5.11. The predicted octanol–water partition coefficient (Wildman–Crippen LogP) is 3.85. The van der Waals surface area contributed by atoms with Crippen molar-refractivity contribution in [2.45, 2.75) is 24.6 Å². The molecule has 0 radical (unpaired) electrons. The maximum Gasteiger partial charge on any atom is 0.505 e. The minimum Gasteiger partial charge on any atom is -0.364 e. The lowest BCUT2D eigenvalue weighted by Gasteiger charge is -2.30. The molecule has 3 nitrogen and oxygen atoms in total. The van der Waals surface area contributed by atoms with Crippen LogP contribution in [0.2, 0.25) is 6.04 Å². The summed E-state index contributed by atoms with van der Waals surface area (Å²) in [6, 6.07) is -0.852. The average molecular weight is 366 g/mol. The van der Waals surface area contributed by atoms with Crippen molar-refractivity contribution < 1.29 is 52.8 Å². The van der Waals surface area contributed by atoms with Gasteiger partial charge >= 0.3 is 27.3 Å². The molecule has 0 heterocycles. The quantitative estimate of drug-likeness (QED) is 0.371. The molecule has 0 saturated carbocycles. The molecule has 0 aliphatic carbocycles. The smallest absolute Gasteiger partial charge is 0.364 e. The number of allylic oxidation sites excluding steroid dienone is 1. The highest BCUT2D eigenvalue weighted by molar-refractivity contribution is 6.61. The van der Waals surface area contributed by atoms with Gasteiger partial charge in [-0.15, -0.1) is 6.58 Å². The topological polar surface area (TPSA) is 27.7 Å². The molecule has 0 aliphatic heterocycles. The van der Waals surface area contributed by atoms with Gasteiger partial charge in [-0.25, -0.2) is 0 Å². The minimum absolute atomic E-state index is 0.759. The summed E-state index contributed by atoms with van der Waals surface area (Å²) >= 11 is 0. The van der Waals surface area contributed by atoms with Crippen molar-refractivity contribution in [1.82, 2.24) is 0 Å². The molecule has 0 unspecified atom stereocenters. The van der Waals surface area contributed by atoms with Gasteiger partial charge in [0.15, 0.2) is 0 Å². The zero-order valence-corrected chi connectivity index (χ0v) is 11.7. The molecule has 0 aromatic heterocycles. The van der Waals surface area contributed by atoms with Gasteiger partial charge in [0.1, 0.15) is 19.8 Å². The Morgan fingerprint density at radius 2 is 0.955 bits per heavy atom. The monoisotopic (exact) mass is 366 g/mol. The van der Waals surface area contributed by atoms with Gasteiger partial charge < -0.3 is 13.3 Å². The molecule has 0 atom stereocenters. The van der Waals surface area contributed by atoms with Gasteiger partial charge in [-0.2, -0.15) is 39.5 Å². The minimum atomic E-state index is -4.98. The molecule has 132 valence electrons. The molecule has 0 fully saturated rings. The Labute approximate surface area is 120 Å². The third kappa shape index (κ3) is 10.9. The van der Waals surface area contributed by atoms with E-state index in [0.717, 1.165) is 6.08 Å². The Bertz CT molecular complexity index is 304. The van der Waals surface area contributed by atoms with Crippen LogP contribution in [0.15, 0.2) is 12.7 Å². The standard InChI is InChI=1S/C9H11F9O3Si/c1-2-3-22(19-4-7(10,11)12,20-5-8(13,14)15)21-6-9(16,17)18/h2H,1,3-6H2. The highest BCUT2D eigenvalue weighted by Gasteiger charge is 2.48. The molecule has 0 N–H and O–H groups in total. The summed E-state index contributed by atoms with van der Waals surface area (Å²) in [6.45, 7) is -3.30. The summed E-state index contributed by atoms with van der Waals surface area (Å²) in [5, 5.41) is 0. The van der Waals surface area contributed by atoms with E-state index >= 15 is 0 Å². The number of hydrogen-bond donors (Lipinski definition) is 0. The zero-order chi connectivity index (χ0) is 17.7. The van der Waals surface area contributed by atoms with Crippen LogP contribution in [0.25, 0.3) is 0 Å². The van der Waals surface area contributed by atoms with Crippen molar-refractivity contribution in [2.24, 2.45) is 0 Å². The first-order valence-electron chi connectivity index (χ1n) is 5.41. The third-order valence-corrected chi connectivity index (χ3v) is 4.30. The highest BCUT2D eigenvalue weighted by Crippen LogP contribution is 2.27. The van der Waals surface area contributed by atoms with E-state index in [1.54, 1.807) is 0 Å². The van der Waals surface area contributed by atoms with E-state index in [-0.39, 0.29) is 0 Å². The molecule has 0 amide bonds. The molecular weight excluding hydrogens is 355 g/mol. The molecule has 0 aromatic rings. The molecule has 0 spiro atoms. The lowest BCUT2D eigenvalue weighted by Crippen LogP contribution is -2.50. The molecule has 0 rings (SSSR count). The van der Waals surface area contributed by atoms with E-state index in [0.29, 0.717) is 0 Å². The van der Waals surface area contributed by atoms with Crippen LogP contribution in [0, 0.1) is 0 Å². The summed E-state index contributed by atoms with van der Waals surface area (Å²) in [4.78, 5) is 0. The van der Waals surface area contributed by atoms with Crippen molar-refractivity contribution in [2.75, 3.05) is 19.8 Å². The van der Waals surface area contributed by atoms with Crippen LogP contribution in [0.1, 0.15) is 0 Å². The van der Waals surface area contributed by atoms with E-state index in [2.05, 4.69) is 19.9 Å². The molecule has 22 heavy (non-hydrogen) atoms. The average Bonchev–Trinajstić information content (AvgIpc) is 2.28. The van der Waals surface area contributed by atoms with Crippen molar-refractivity contribution in [3.05, 3.63) is 12.7 Å². The second kappa shape index (κ2) is 7.65. The zero-order valence-electron chi connectivity index (χ0n) is 10.7. The number of rotatable bonds is 8. The maximum absolute atomic E-state index is 12.1. The van der Waals surface area contributed by atoms with Crippen molar-refractivity contribution in [1.29, 1.82) is 0 Å². The SMILES string of the molecule is C=CC[Si](OCC(F)(F)F)(OCC(F)(F)F)OCC(F)(F)F. The Kier molecular flexibility index (Phi) is 7.38. The first kappa shape index (κ1) is 21.2. The van der Waals surface area contributed by atoms with Gasteiger partial charge in [0.2, 0.25) is 0 Å². The Morgan fingerprint density at radius 1 is 0.682 bits per heavy atom. The maximum atomic E-state index is 12.1. The van der Waals surface area contributed by atoms with Gasteiger partial charge in [-0.3, -0.25) is 0 Å².